The number of nitrogens with zero attached hydrogens (tertiary/aromatic N) is 7. The molecule has 0 amide bonds. The summed E-state index contributed by atoms with van der Waals surface area (Å²) in [7, 11) is -3.70. The second-order valence-electron chi connectivity index (χ2n) is 46.1. The fraction of sp³-hybridized carbons (Fsp3) is 0.651. The van der Waals surface area contributed by atoms with Crippen molar-refractivity contribution in [3.8, 4) is 0 Å². The molecule has 3 aromatic carbocycles. The molecule has 148 heavy (non-hydrogen) atoms. The summed E-state index contributed by atoms with van der Waals surface area (Å²) in [6, 6.07) is 22.5. The van der Waals surface area contributed by atoms with Crippen molar-refractivity contribution in [2.75, 3.05) is 18.6 Å². The summed E-state index contributed by atoms with van der Waals surface area (Å²) in [6.45, 7) is 4.46. The molecule has 0 saturated heterocycles. The fourth-order valence-corrected chi connectivity index (χ4v) is 34.8. The molecule has 0 atom stereocenters. The molecule has 4 N–H and O–H groups in total. The van der Waals surface area contributed by atoms with Crippen molar-refractivity contribution in [3.63, 3.8) is 0 Å². The zero-order chi connectivity index (χ0) is 101. The number of rotatable bonds is 21. The Balaban J connectivity index is 0.000000165. The van der Waals surface area contributed by atoms with E-state index in [4.69, 9.17) is 53.5 Å². The molecule has 30 nitrogen and oxygen atoms in total. The van der Waals surface area contributed by atoms with Gasteiger partial charge < -0.3 is 56.1 Å². The summed E-state index contributed by atoms with van der Waals surface area (Å²) < 4.78 is 98.2. The third-order valence-electron chi connectivity index (χ3n) is 35.6. The molecule has 24 saturated carbocycles. The van der Waals surface area contributed by atoms with Crippen LogP contribution in [0.4, 0.5) is 30.2 Å². The number of aliphatic hydroxyl groups is 1. The molecule has 24 aliphatic rings. The average molecular weight is 2410 g/mol. The number of nitrogen functional groups attached to an aromatic ring is 1. The first kappa shape index (κ1) is 122. The smallest absolute Gasteiger partial charge is 1.00 e. The van der Waals surface area contributed by atoms with E-state index in [2.05, 4.69) is 52.4 Å². The number of thiol groups is 1. The quantitative estimate of drug-likeness (QED) is 0.00597. The number of halogens is 3. The van der Waals surface area contributed by atoms with Gasteiger partial charge in [0.2, 0.25) is 11.5 Å². The molecule has 3 radical (unpaired) electrons. The minimum atomic E-state index is -3.70. The van der Waals surface area contributed by atoms with Crippen LogP contribution in [-0.2, 0) is 112 Å². The van der Waals surface area contributed by atoms with E-state index < -0.39 is 27.6 Å². The molecule has 5 heterocycles. The van der Waals surface area contributed by atoms with Gasteiger partial charge in [-0.1, -0.05) is 25.8 Å². The van der Waals surface area contributed by atoms with Crippen LogP contribution in [-0.4, -0.2) is 99.9 Å². The second kappa shape index (κ2) is 52.2. The van der Waals surface area contributed by atoms with Gasteiger partial charge in [-0.15, -0.1) is 36.2 Å². The van der Waals surface area contributed by atoms with Crippen LogP contribution in [0, 0.1) is 150 Å². The van der Waals surface area contributed by atoms with E-state index in [1.807, 2.05) is 19.1 Å². The SMILES string of the molecule is CC(=O)C12CC3CC(CC(C3)C1)C2.CC(=O)OO.CCOC(=O)c1cc(C23CC4CC(CC(C4)C2)C3)on1.CS(=O)(=O)OCc1noc(C23CC4CC(CC(C4)C2)C3)c1[N+](=O)[O-].Fc1ccc(S)cc1.Nc1c(CSc2ccc(F)cc2)noc1C12CC3CC(CC(C3)C1)C2.O=CO[O-].O=[N+]([O-])c1c(CSc2ccc(F)cc2)noc1C12CC3CC(CC(C3)C1)C2.OCc1cc(C23CC4CC(CC(C4)C2)C3)on1.[B].[Cs+].[Cs+].[Fe].[H-].[H-].[Na+]. The minimum absolute atomic E-state index is 0. The van der Waals surface area contributed by atoms with Gasteiger partial charge in [0, 0.05) is 97.5 Å². The Labute approximate surface area is 1030 Å². The van der Waals surface area contributed by atoms with Crippen LogP contribution >= 0.6 is 36.2 Å². The molecule has 0 aliphatic heterocycles. The number of carbonyl (C=O) groups is 4. The Morgan fingerprint density at radius 3 is 1.09 bits per heavy atom. The largest absolute Gasteiger partial charge is 1.00 e. The number of ether oxygens (including phenoxy) is 1. The van der Waals surface area contributed by atoms with E-state index >= 15 is 0 Å². The summed E-state index contributed by atoms with van der Waals surface area (Å²) in [5.41, 5.74) is 9.56. The molecule has 32 rings (SSSR count). The summed E-state index contributed by atoms with van der Waals surface area (Å²) in [6.07, 6.45) is 46.0. The second-order valence-corrected chi connectivity index (χ2v) is 50.3. The maximum atomic E-state index is 13.1. The van der Waals surface area contributed by atoms with Gasteiger partial charge in [0.05, 0.1) is 40.8 Å². The van der Waals surface area contributed by atoms with Crippen LogP contribution in [0.3, 0.4) is 0 Å². The van der Waals surface area contributed by atoms with Crippen LogP contribution in [0.15, 0.2) is 122 Å². The average Bonchev–Trinajstić information content (AvgIpc) is 1.46. The van der Waals surface area contributed by atoms with Crippen molar-refractivity contribution in [1.29, 1.82) is 0 Å². The molecule has 0 unspecified atom stereocenters. The molecule has 8 aromatic rings. The van der Waals surface area contributed by atoms with Crippen molar-refractivity contribution in [2.24, 2.45) is 112 Å². The fourth-order valence-electron chi connectivity index (χ4n) is 32.7. The van der Waals surface area contributed by atoms with Crippen molar-refractivity contribution in [2.45, 2.75) is 318 Å². The van der Waals surface area contributed by atoms with E-state index in [0.717, 1.165) is 166 Å². The van der Waals surface area contributed by atoms with Crippen molar-refractivity contribution in [3.05, 3.63) is 180 Å². The topological polar surface area (TPSA) is 445 Å². The Kier molecular flexibility index (Phi) is 43.0. The van der Waals surface area contributed by atoms with E-state index in [0.29, 0.717) is 88.0 Å². The Morgan fingerprint density at radius 2 is 0.791 bits per heavy atom. The molecular formula is C106H134BCs2F3FeN8NaO22S4. The number of hydrogen-bond donors (Lipinski definition) is 4. The van der Waals surface area contributed by atoms with Gasteiger partial charge in [-0.3, -0.25) is 34.0 Å². The van der Waals surface area contributed by atoms with Crippen LogP contribution in [0.25, 0.3) is 0 Å². The maximum absolute atomic E-state index is 13.1. The number of ketones is 1. The molecule has 24 aliphatic carbocycles. The van der Waals surface area contributed by atoms with Gasteiger partial charge >= 0.3 is 191 Å². The van der Waals surface area contributed by atoms with Gasteiger partial charge in [0.15, 0.2) is 22.8 Å². The predicted molar refractivity (Wildman–Crippen MR) is 527 cm³/mol. The number of anilines is 1. The van der Waals surface area contributed by atoms with Crippen LogP contribution in [0.1, 0.15) is 317 Å². The van der Waals surface area contributed by atoms with Crippen LogP contribution in [0.2, 0.25) is 0 Å². The van der Waals surface area contributed by atoms with Gasteiger partial charge in [-0.25, -0.2) is 22.8 Å². The Morgan fingerprint density at radius 1 is 0.500 bits per heavy atom. The Bertz CT molecular complexity index is 5760. The predicted octanol–water partition coefficient (Wildman–Crippen LogP) is 13.3. The number of carbonyl (C=O) groups excluding carboxylic acids is 4. The third kappa shape index (κ3) is 28.4. The summed E-state index contributed by atoms with van der Waals surface area (Å²) >= 11 is 6.99. The zero-order valence-corrected chi connectivity index (χ0v) is 105. The standard InChI is InChI=1S/C20H21FN2O3S.C20H23FN2OS.C16H21NO3.C15H20N2O6S.C14H19NO2.C12H18O.C6H5FS.C2H4O3.CH2O3.B.2Cs.Fe.Na.2H/c21-15-1-3-16(4-2-15)27-11-17-18(23(24)25)19(26-22-17)20-8-12-5-13(9-20)7-14(6-12)10-20;21-15-1-3-16(4-2-15)25-11-17-18(22)19(24-23-17)20-8-12-5-13(9-20)7-14(6-12)10-20;1-2-19-15(18)13-6-14(20-17-13)16-7-10-3-11(8-16)5-12(4-10)9-16;1-24(20,21)22-8-12-13(17(18)19)14(23-16-12)15-5-9-2-10(6-15)4-11(3-9)7-15;16-8-12-4-13(17-15-12)14-5-9-1-10(6-14)3-11(2-9)7-14;1-8(13)12-5-9-2-10(6-12)4-11(3-9)7-12;7-5-1-3-6(8)4-2-5;1-2(3)5-4;2-1-4-3;;;;;;;/h1-4,12-14H,5-11H2;1-4,12-14H,5-11,22H2;6,10-12H,2-5,7-9H2,1H3;9-11H,2-8H2,1H3;4,9-11,16H,1-3,5-8H2;9-11H,2-7H2,1H3;1-4,8H;4H,1H3;1,3H;;;;;;;/q;;;;;;;;;;2*+1;;+1;2*-1/p-1. The number of thioether (sulfide) groups is 2. The molecule has 42 heteroatoms. The normalized spacial score (nSPS) is 32.5. The van der Waals surface area contributed by atoms with Gasteiger partial charge in [-0.05, 0) is 424 Å². The van der Waals surface area contributed by atoms with Crippen LogP contribution < -0.4 is 178 Å². The van der Waals surface area contributed by atoms with E-state index in [9.17, 15) is 56.2 Å². The van der Waals surface area contributed by atoms with Gasteiger partial charge in [0.25, 0.3) is 16.6 Å². The summed E-state index contributed by atoms with van der Waals surface area (Å²) in [5.74, 6) is 18.0. The number of aliphatic hydroxyl groups excluding tert-OH is 1. The number of Topliss-reactive ketones (excluding diaryl/α,β-unsaturated/α-hetero) is 1. The van der Waals surface area contributed by atoms with Crippen molar-refractivity contribution < 1.29 is 295 Å². The molecular weight excluding hydrogens is 2280 g/mol. The van der Waals surface area contributed by atoms with E-state index in [1.54, 1.807) is 55.1 Å². The first-order valence-corrected chi connectivity index (χ1v) is 55.6. The minimum Gasteiger partial charge on any atom is -1.00 e. The summed E-state index contributed by atoms with van der Waals surface area (Å²) in [4.78, 5) is 72.5. The summed E-state index contributed by atoms with van der Waals surface area (Å²) in [5, 5.41) is 68.5. The van der Waals surface area contributed by atoms with Crippen molar-refractivity contribution >= 4 is 95.9 Å². The molecule has 5 aromatic heterocycles. The van der Waals surface area contributed by atoms with E-state index in [-0.39, 0.29) is 287 Å². The number of aromatic nitrogens is 5. The Hall–Kier alpha value is -3.29. The first-order chi connectivity index (χ1) is 68.5. The van der Waals surface area contributed by atoms with Crippen LogP contribution in [0.5, 0.6) is 0 Å². The maximum Gasteiger partial charge on any atom is 1.00 e. The number of benzene rings is 3. The number of esters is 1. The molecule has 0 spiro atoms. The van der Waals surface area contributed by atoms with Gasteiger partial charge in [0.1, 0.15) is 52.8 Å². The zero-order valence-electron chi connectivity index (χ0n) is 87.5. The number of nitrogens with two attached hydrogens (primary N) is 1. The monoisotopic (exact) mass is 2410 g/mol. The molecule has 24 bridgehead atoms. The third-order valence-corrected chi connectivity index (χ3v) is 38.5. The number of hydrogen-bond acceptors (Lipinski definition) is 31. The van der Waals surface area contributed by atoms with E-state index in [1.165, 1.54) is 241 Å². The first-order valence-electron chi connectivity index (χ1n) is 51.3. The van der Waals surface area contributed by atoms with Crippen molar-refractivity contribution in [1.82, 2.24) is 25.8 Å². The van der Waals surface area contributed by atoms with Gasteiger partial charge in [-0.2, -0.15) is 13.7 Å². The molecule has 24 fully saturated rings. The number of nitro groups is 2. The molecule has 789 valence electrons.